The molecule has 1 aromatic rings. The monoisotopic (exact) mass is 306 g/mol. The summed E-state index contributed by atoms with van der Waals surface area (Å²) in [5.41, 5.74) is 6.08. The van der Waals surface area contributed by atoms with Crippen LogP contribution in [0.2, 0.25) is 0 Å². The molecule has 0 aromatic heterocycles. The van der Waals surface area contributed by atoms with Gasteiger partial charge in [0.1, 0.15) is 5.75 Å². The second kappa shape index (κ2) is 7.65. The fraction of sp³-hybridized carbons (Fsp3) is 0.467. The van der Waals surface area contributed by atoms with Gasteiger partial charge in [-0.05, 0) is 24.3 Å². The van der Waals surface area contributed by atoms with Crippen LogP contribution < -0.4 is 20.7 Å². The number of imide groups is 1. The van der Waals surface area contributed by atoms with Gasteiger partial charge in [-0.25, -0.2) is 4.79 Å². The molecule has 1 saturated heterocycles. The van der Waals surface area contributed by atoms with Gasteiger partial charge in [0.25, 0.3) is 0 Å². The predicted molar refractivity (Wildman–Crippen MR) is 84.0 cm³/mol. The largest absolute Gasteiger partial charge is 0.497 e. The fourth-order valence-electron chi connectivity index (χ4n) is 2.48. The third-order valence-electron chi connectivity index (χ3n) is 3.73. The van der Waals surface area contributed by atoms with E-state index in [0.29, 0.717) is 6.54 Å². The first-order valence-electron chi connectivity index (χ1n) is 7.29. The van der Waals surface area contributed by atoms with E-state index in [0.717, 1.165) is 31.9 Å². The molecule has 0 aliphatic carbocycles. The second-order valence-electron chi connectivity index (χ2n) is 5.19. The van der Waals surface area contributed by atoms with Crippen molar-refractivity contribution in [3.05, 3.63) is 24.3 Å². The molecule has 1 aliphatic heterocycles. The Morgan fingerprint density at radius 2 is 1.82 bits per heavy atom. The first-order valence-corrected chi connectivity index (χ1v) is 7.29. The molecule has 7 heteroatoms. The maximum absolute atomic E-state index is 11.4. The molecule has 1 aliphatic rings. The summed E-state index contributed by atoms with van der Waals surface area (Å²) in [5, 5.41) is 2.08. The molecule has 0 spiro atoms. The summed E-state index contributed by atoms with van der Waals surface area (Å²) < 4.78 is 5.16. The van der Waals surface area contributed by atoms with Crippen molar-refractivity contribution in [1.82, 2.24) is 10.2 Å². The number of hydrogen-bond donors (Lipinski definition) is 2. The highest BCUT2D eigenvalue weighted by Crippen LogP contribution is 2.20. The number of amides is 3. The summed E-state index contributed by atoms with van der Waals surface area (Å²) in [6.07, 6.45) is 0.283. The maximum atomic E-state index is 11.4. The van der Waals surface area contributed by atoms with Crippen molar-refractivity contribution >= 4 is 17.6 Å². The number of carbonyl (C=O) groups excluding carboxylic acids is 2. The van der Waals surface area contributed by atoms with Gasteiger partial charge in [-0.3, -0.25) is 15.0 Å². The molecular formula is C15H22N4O3. The van der Waals surface area contributed by atoms with Crippen molar-refractivity contribution in [2.75, 3.05) is 44.7 Å². The van der Waals surface area contributed by atoms with Crippen molar-refractivity contribution in [3.63, 3.8) is 0 Å². The predicted octanol–water partition coefficient (Wildman–Crippen LogP) is 0.402. The van der Waals surface area contributed by atoms with E-state index in [-0.39, 0.29) is 12.3 Å². The molecule has 0 bridgehead atoms. The zero-order chi connectivity index (χ0) is 15.9. The Morgan fingerprint density at radius 1 is 1.18 bits per heavy atom. The average Bonchev–Trinajstić information content (AvgIpc) is 2.53. The van der Waals surface area contributed by atoms with Gasteiger partial charge in [-0.2, -0.15) is 0 Å². The summed E-state index contributed by atoms with van der Waals surface area (Å²) in [6, 6.07) is 7.21. The zero-order valence-electron chi connectivity index (χ0n) is 12.7. The van der Waals surface area contributed by atoms with Gasteiger partial charge in [0.05, 0.1) is 7.11 Å². The van der Waals surface area contributed by atoms with E-state index < -0.39 is 6.03 Å². The molecule has 1 heterocycles. The Hall–Kier alpha value is -2.28. The average molecular weight is 306 g/mol. The van der Waals surface area contributed by atoms with Gasteiger partial charge in [-0.15, -0.1) is 0 Å². The van der Waals surface area contributed by atoms with Crippen LogP contribution in [-0.2, 0) is 4.79 Å². The summed E-state index contributed by atoms with van der Waals surface area (Å²) >= 11 is 0. The number of piperazine rings is 1. The molecule has 2 rings (SSSR count). The van der Waals surface area contributed by atoms with Gasteiger partial charge in [0, 0.05) is 44.8 Å². The van der Waals surface area contributed by atoms with Gasteiger partial charge >= 0.3 is 6.03 Å². The molecule has 0 saturated carbocycles. The van der Waals surface area contributed by atoms with Crippen LogP contribution in [0.15, 0.2) is 24.3 Å². The molecule has 120 valence electrons. The third-order valence-corrected chi connectivity index (χ3v) is 3.73. The third kappa shape index (κ3) is 4.63. The molecule has 1 fully saturated rings. The summed E-state index contributed by atoms with van der Waals surface area (Å²) in [7, 11) is 1.65. The van der Waals surface area contributed by atoms with E-state index in [4.69, 9.17) is 10.5 Å². The Kier molecular flexibility index (Phi) is 5.60. The van der Waals surface area contributed by atoms with Crippen LogP contribution in [0.1, 0.15) is 6.42 Å². The number of primary amides is 1. The summed E-state index contributed by atoms with van der Waals surface area (Å²) in [5.74, 6) is 0.521. The van der Waals surface area contributed by atoms with Crippen LogP contribution in [0, 0.1) is 0 Å². The molecule has 7 nitrogen and oxygen atoms in total. The second-order valence-corrected chi connectivity index (χ2v) is 5.19. The molecule has 3 amide bonds. The first-order chi connectivity index (χ1) is 10.6. The van der Waals surface area contributed by atoms with E-state index in [1.165, 1.54) is 5.69 Å². The van der Waals surface area contributed by atoms with Crippen LogP contribution in [0.5, 0.6) is 5.75 Å². The van der Waals surface area contributed by atoms with Gasteiger partial charge < -0.3 is 15.4 Å². The Balaban J connectivity index is 1.75. The minimum absolute atomic E-state index is 0.283. The number of benzene rings is 1. The number of anilines is 1. The van der Waals surface area contributed by atoms with Crippen molar-refractivity contribution in [2.24, 2.45) is 5.73 Å². The fourth-order valence-corrected chi connectivity index (χ4v) is 2.48. The summed E-state index contributed by atoms with van der Waals surface area (Å²) in [4.78, 5) is 26.5. The van der Waals surface area contributed by atoms with Crippen molar-refractivity contribution < 1.29 is 14.3 Å². The van der Waals surface area contributed by atoms with Gasteiger partial charge in [0.2, 0.25) is 5.91 Å². The van der Waals surface area contributed by atoms with Crippen molar-refractivity contribution in [2.45, 2.75) is 6.42 Å². The highest BCUT2D eigenvalue weighted by atomic mass is 16.5. The first kappa shape index (κ1) is 16.1. The molecule has 0 atom stereocenters. The normalized spacial score (nSPS) is 15.4. The number of nitrogens with one attached hydrogen (secondary N) is 1. The lowest BCUT2D eigenvalue weighted by molar-refractivity contribution is -0.120. The number of methoxy groups -OCH3 is 1. The molecule has 0 unspecified atom stereocenters. The van der Waals surface area contributed by atoms with Gasteiger partial charge in [0.15, 0.2) is 0 Å². The maximum Gasteiger partial charge on any atom is 0.318 e. The number of nitrogens with two attached hydrogens (primary N) is 1. The van der Waals surface area contributed by atoms with E-state index in [1.807, 2.05) is 12.1 Å². The Morgan fingerprint density at radius 3 is 2.36 bits per heavy atom. The van der Waals surface area contributed by atoms with Crippen molar-refractivity contribution in [3.8, 4) is 5.75 Å². The molecule has 3 N–H and O–H groups in total. The molecule has 22 heavy (non-hydrogen) atoms. The highest BCUT2D eigenvalue weighted by Gasteiger charge is 2.18. The number of carbonyl (C=O) groups is 2. The number of nitrogens with zero attached hydrogens (tertiary/aromatic N) is 2. The quantitative estimate of drug-likeness (QED) is 0.822. The van der Waals surface area contributed by atoms with E-state index in [1.54, 1.807) is 7.11 Å². The minimum Gasteiger partial charge on any atom is -0.497 e. The molecular weight excluding hydrogens is 284 g/mol. The van der Waals surface area contributed by atoms with E-state index in [9.17, 15) is 9.59 Å². The lowest BCUT2D eigenvalue weighted by Crippen LogP contribution is -2.47. The molecule has 0 radical (unpaired) electrons. The minimum atomic E-state index is -0.797. The topological polar surface area (TPSA) is 87.9 Å². The molecule has 1 aromatic carbocycles. The number of rotatable bonds is 5. The Bertz CT molecular complexity index is 510. The van der Waals surface area contributed by atoms with E-state index in [2.05, 4.69) is 27.2 Å². The summed E-state index contributed by atoms with van der Waals surface area (Å²) in [6.45, 7) is 4.22. The van der Waals surface area contributed by atoms with Crippen LogP contribution in [-0.4, -0.2) is 56.7 Å². The number of urea groups is 1. The standard InChI is InChI=1S/C15H22N4O3/c1-22-13-4-2-12(3-5-13)19-10-8-18(9-11-19)7-6-14(20)17-15(16)21/h2-5H,6-11H2,1H3,(H3,16,17,20,21). The van der Waals surface area contributed by atoms with Crippen LogP contribution >= 0.6 is 0 Å². The van der Waals surface area contributed by atoms with Gasteiger partial charge in [-0.1, -0.05) is 0 Å². The lowest BCUT2D eigenvalue weighted by atomic mass is 10.2. The van der Waals surface area contributed by atoms with Crippen LogP contribution in [0.3, 0.4) is 0 Å². The lowest BCUT2D eigenvalue weighted by Gasteiger charge is -2.36. The number of ether oxygens (including phenoxy) is 1. The SMILES string of the molecule is COc1ccc(N2CCN(CCC(=O)NC(N)=O)CC2)cc1. The smallest absolute Gasteiger partial charge is 0.318 e. The Labute approximate surface area is 130 Å². The van der Waals surface area contributed by atoms with Crippen LogP contribution in [0.4, 0.5) is 10.5 Å². The van der Waals surface area contributed by atoms with Crippen LogP contribution in [0.25, 0.3) is 0 Å². The van der Waals surface area contributed by atoms with Crippen molar-refractivity contribution in [1.29, 1.82) is 0 Å². The zero-order valence-corrected chi connectivity index (χ0v) is 12.7. The highest BCUT2D eigenvalue weighted by molar-refractivity contribution is 5.93. The number of hydrogen-bond acceptors (Lipinski definition) is 5. The van der Waals surface area contributed by atoms with E-state index >= 15 is 0 Å².